The highest BCUT2D eigenvalue weighted by Gasteiger charge is 2.29. The Kier molecular flexibility index (Phi) is 10.3. The molecule has 200 valence electrons. The molecule has 0 spiro atoms. The van der Waals surface area contributed by atoms with Gasteiger partial charge in [0.05, 0.1) is 33.0 Å². The molecule has 0 fully saturated rings. The molecule has 0 N–H and O–H groups in total. The lowest BCUT2D eigenvalue weighted by atomic mass is 10.1. The standard InChI is InChI=1S/C30H33NO4S3/c1-4-7-8-9-10-21-11-13-22(14-12-21)31-25-19-23(15-17-27(32)34-5-2)36-29(25)38-30-26(31)20-24(37-30)16-18-28(33)35-6-3/h11-20H,4-10H2,1-3H3/b17-15+,18-16+. The summed E-state index contributed by atoms with van der Waals surface area (Å²) >= 11 is 5.03. The number of hydrogen-bond donors (Lipinski definition) is 0. The Hall–Kier alpha value is -2.81. The molecule has 1 aliphatic rings. The van der Waals surface area contributed by atoms with E-state index in [0.717, 1.165) is 41.7 Å². The fourth-order valence-electron chi connectivity index (χ4n) is 4.13. The zero-order chi connectivity index (χ0) is 26.9. The number of anilines is 3. The topological polar surface area (TPSA) is 55.8 Å². The number of thiophene rings is 2. The minimum Gasteiger partial charge on any atom is -0.463 e. The van der Waals surface area contributed by atoms with Crippen LogP contribution in [0.25, 0.3) is 12.2 Å². The number of benzene rings is 1. The zero-order valence-electron chi connectivity index (χ0n) is 22.0. The smallest absolute Gasteiger partial charge is 0.330 e. The van der Waals surface area contributed by atoms with Crippen LogP contribution in [-0.2, 0) is 25.5 Å². The van der Waals surface area contributed by atoms with E-state index in [1.807, 2.05) is 12.2 Å². The van der Waals surface area contributed by atoms with Gasteiger partial charge >= 0.3 is 11.9 Å². The van der Waals surface area contributed by atoms with E-state index in [1.54, 1.807) is 48.3 Å². The van der Waals surface area contributed by atoms with Crippen LogP contribution in [0.5, 0.6) is 0 Å². The van der Waals surface area contributed by atoms with Crippen LogP contribution in [-0.4, -0.2) is 25.2 Å². The van der Waals surface area contributed by atoms with Crippen molar-refractivity contribution >= 4 is 75.6 Å². The highest BCUT2D eigenvalue weighted by atomic mass is 32.2. The second-order valence-electron chi connectivity index (χ2n) is 8.73. The third kappa shape index (κ3) is 7.18. The summed E-state index contributed by atoms with van der Waals surface area (Å²) in [6.07, 6.45) is 12.7. The summed E-state index contributed by atoms with van der Waals surface area (Å²) in [5.41, 5.74) is 4.61. The molecule has 1 aromatic carbocycles. The van der Waals surface area contributed by atoms with Gasteiger partial charge in [0.25, 0.3) is 0 Å². The van der Waals surface area contributed by atoms with Crippen LogP contribution in [0.1, 0.15) is 61.8 Å². The van der Waals surface area contributed by atoms with E-state index < -0.39 is 0 Å². The predicted molar refractivity (Wildman–Crippen MR) is 160 cm³/mol. The molecule has 0 saturated carbocycles. The highest BCUT2D eigenvalue weighted by molar-refractivity contribution is 8.03. The summed E-state index contributed by atoms with van der Waals surface area (Å²) < 4.78 is 12.4. The Labute approximate surface area is 237 Å². The fraction of sp³-hybridized carbons (Fsp3) is 0.333. The number of carbonyl (C=O) groups excluding carboxylic acids is 2. The molecule has 8 heteroatoms. The molecule has 0 saturated heterocycles. The zero-order valence-corrected chi connectivity index (χ0v) is 24.5. The summed E-state index contributed by atoms with van der Waals surface area (Å²) in [6.45, 7) is 6.55. The first-order valence-electron chi connectivity index (χ1n) is 13.1. The average molecular weight is 568 g/mol. The number of aryl methyl sites for hydroxylation is 1. The highest BCUT2D eigenvalue weighted by Crippen LogP contribution is 2.57. The SMILES string of the molecule is CCCCCCc1ccc(N2c3cc(/C=C/C(=O)OCC)sc3Sc3sc(/C=C/C(=O)OCC)cc32)cc1. The summed E-state index contributed by atoms with van der Waals surface area (Å²) in [7, 11) is 0. The van der Waals surface area contributed by atoms with Crippen molar-refractivity contribution in [3.63, 3.8) is 0 Å². The second-order valence-corrected chi connectivity index (χ2v) is 12.4. The number of carbonyl (C=O) groups is 2. The van der Waals surface area contributed by atoms with Crippen molar-refractivity contribution in [1.82, 2.24) is 0 Å². The van der Waals surface area contributed by atoms with E-state index in [4.69, 9.17) is 9.47 Å². The molecule has 5 nitrogen and oxygen atoms in total. The Morgan fingerprint density at radius 2 is 1.34 bits per heavy atom. The molecular weight excluding hydrogens is 535 g/mol. The Balaban J connectivity index is 1.64. The lowest BCUT2D eigenvalue weighted by Gasteiger charge is -2.28. The Morgan fingerprint density at radius 3 is 1.84 bits per heavy atom. The first kappa shape index (κ1) is 28.2. The fourth-order valence-corrected chi connectivity index (χ4v) is 7.93. The lowest BCUT2D eigenvalue weighted by Crippen LogP contribution is -2.12. The van der Waals surface area contributed by atoms with Crippen LogP contribution >= 0.6 is 34.4 Å². The molecule has 0 aliphatic carbocycles. The van der Waals surface area contributed by atoms with Gasteiger partial charge in [-0.1, -0.05) is 50.1 Å². The van der Waals surface area contributed by atoms with Crippen molar-refractivity contribution in [3.05, 3.63) is 63.9 Å². The van der Waals surface area contributed by atoms with Gasteiger partial charge in [-0.05, 0) is 68.7 Å². The van der Waals surface area contributed by atoms with Crippen LogP contribution in [0.4, 0.5) is 17.1 Å². The third-order valence-corrected chi connectivity index (χ3v) is 9.48. The maximum Gasteiger partial charge on any atom is 0.330 e. The number of unbranched alkanes of at least 4 members (excludes halogenated alkanes) is 3. The third-order valence-electron chi connectivity index (χ3n) is 5.92. The first-order valence-corrected chi connectivity index (χ1v) is 15.5. The number of esters is 2. The number of rotatable bonds is 12. The molecule has 0 bridgehead atoms. The van der Waals surface area contributed by atoms with Crippen LogP contribution < -0.4 is 4.90 Å². The maximum atomic E-state index is 11.9. The van der Waals surface area contributed by atoms with Gasteiger partial charge in [-0.2, -0.15) is 0 Å². The van der Waals surface area contributed by atoms with Crippen molar-refractivity contribution in [2.75, 3.05) is 18.1 Å². The largest absolute Gasteiger partial charge is 0.463 e. The number of nitrogens with zero attached hydrogens (tertiary/aromatic N) is 1. The molecule has 3 aromatic rings. The van der Waals surface area contributed by atoms with Crippen LogP contribution in [0.2, 0.25) is 0 Å². The van der Waals surface area contributed by atoms with Gasteiger partial charge in [0, 0.05) is 27.6 Å². The molecule has 3 heterocycles. The van der Waals surface area contributed by atoms with Crippen molar-refractivity contribution in [1.29, 1.82) is 0 Å². The van der Waals surface area contributed by atoms with Gasteiger partial charge in [-0.15, -0.1) is 22.7 Å². The van der Waals surface area contributed by atoms with Gasteiger partial charge in [0.15, 0.2) is 0 Å². The van der Waals surface area contributed by atoms with E-state index >= 15 is 0 Å². The lowest BCUT2D eigenvalue weighted by molar-refractivity contribution is -0.138. The molecule has 4 rings (SSSR count). The number of ether oxygens (including phenoxy) is 2. The maximum absolute atomic E-state index is 11.9. The number of fused-ring (bicyclic) bond motifs is 2. The van der Waals surface area contributed by atoms with Crippen LogP contribution in [0.3, 0.4) is 0 Å². The molecule has 1 aliphatic heterocycles. The quantitative estimate of drug-likeness (QED) is 0.0967. The van der Waals surface area contributed by atoms with Crippen molar-refractivity contribution in [3.8, 4) is 0 Å². The Bertz CT molecular complexity index is 1230. The molecule has 0 atom stereocenters. The van der Waals surface area contributed by atoms with Crippen molar-refractivity contribution in [2.24, 2.45) is 0 Å². The van der Waals surface area contributed by atoms with E-state index in [-0.39, 0.29) is 11.9 Å². The van der Waals surface area contributed by atoms with E-state index in [9.17, 15) is 9.59 Å². The van der Waals surface area contributed by atoms with Gasteiger partial charge in [0.1, 0.15) is 0 Å². The second kappa shape index (κ2) is 13.8. The van der Waals surface area contributed by atoms with Crippen LogP contribution in [0.15, 0.2) is 57.0 Å². The minimum atomic E-state index is -0.338. The molecular formula is C30H33NO4S3. The minimum absolute atomic E-state index is 0.338. The summed E-state index contributed by atoms with van der Waals surface area (Å²) in [6, 6.07) is 13.1. The summed E-state index contributed by atoms with van der Waals surface area (Å²) in [4.78, 5) is 28.0. The average Bonchev–Trinajstić information content (AvgIpc) is 3.51. The molecule has 38 heavy (non-hydrogen) atoms. The molecule has 2 aromatic heterocycles. The van der Waals surface area contributed by atoms with Crippen LogP contribution in [0, 0.1) is 0 Å². The first-order chi connectivity index (χ1) is 18.5. The summed E-state index contributed by atoms with van der Waals surface area (Å²) in [5.74, 6) is -0.676. The monoisotopic (exact) mass is 567 g/mol. The predicted octanol–water partition coefficient (Wildman–Crippen LogP) is 9.02. The summed E-state index contributed by atoms with van der Waals surface area (Å²) in [5, 5.41) is 0. The molecule has 0 radical (unpaired) electrons. The normalized spacial score (nSPS) is 12.7. The van der Waals surface area contributed by atoms with Crippen molar-refractivity contribution < 1.29 is 19.1 Å². The number of hydrogen-bond acceptors (Lipinski definition) is 8. The molecule has 0 amide bonds. The van der Waals surface area contributed by atoms with Gasteiger partial charge in [-0.25, -0.2) is 9.59 Å². The van der Waals surface area contributed by atoms with Gasteiger partial charge in [0.2, 0.25) is 0 Å². The van der Waals surface area contributed by atoms with E-state index in [2.05, 4.69) is 48.2 Å². The van der Waals surface area contributed by atoms with Gasteiger partial charge < -0.3 is 14.4 Å². The molecule has 0 unspecified atom stereocenters. The van der Waals surface area contributed by atoms with Gasteiger partial charge in [-0.3, -0.25) is 0 Å². The Morgan fingerprint density at radius 1 is 0.789 bits per heavy atom. The van der Waals surface area contributed by atoms with E-state index in [0.29, 0.717) is 13.2 Å². The van der Waals surface area contributed by atoms with E-state index in [1.165, 1.54) is 43.4 Å². The van der Waals surface area contributed by atoms with Crippen molar-refractivity contribution in [2.45, 2.75) is 61.3 Å².